The Labute approximate surface area is 111 Å². The van der Waals surface area contributed by atoms with Gasteiger partial charge in [-0.2, -0.15) is 0 Å². The van der Waals surface area contributed by atoms with Crippen molar-refractivity contribution >= 4 is 43.5 Å². The smallest absolute Gasteiger partial charge is 0.207 e. The molecule has 3 nitrogen and oxygen atoms in total. The van der Waals surface area contributed by atoms with E-state index in [0.29, 0.717) is 6.42 Å². The highest BCUT2D eigenvalue weighted by Gasteiger charge is 2.51. The molecule has 1 heterocycles. The standard InChI is InChI=1S/C9H15Br2ClO3/c1-2-3-5-4-6(13)7(12)9(14,15-5)8(10)11/h5-8,13-14H,2-4H2,1H3/t5-,6-,7+,9-/m1/s1. The molecule has 0 aromatic rings. The van der Waals surface area contributed by atoms with Crippen LogP contribution < -0.4 is 0 Å². The van der Waals surface area contributed by atoms with Crippen LogP contribution in [0.25, 0.3) is 0 Å². The van der Waals surface area contributed by atoms with Gasteiger partial charge in [0, 0.05) is 6.42 Å². The molecule has 0 aromatic carbocycles. The van der Waals surface area contributed by atoms with Crippen LogP contribution in [-0.2, 0) is 4.74 Å². The lowest BCUT2D eigenvalue weighted by atomic mass is 9.96. The van der Waals surface area contributed by atoms with Gasteiger partial charge in [0.1, 0.15) is 9.11 Å². The lowest BCUT2D eigenvalue weighted by Crippen LogP contribution is -2.58. The van der Waals surface area contributed by atoms with Crippen LogP contribution >= 0.6 is 43.5 Å². The summed E-state index contributed by atoms with van der Waals surface area (Å²) >= 11 is 12.3. The molecule has 15 heavy (non-hydrogen) atoms. The molecule has 90 valence electrons. The van der Waals surface area contributed by atoms with Gasteiger partial charge in [-0.05, 0) is 6.42 Å². The quantitative estimate of drug-likeness (QED) is 0.754. The van der Waals surface area contributed by atoms with Crippen LogP contribution in [0.1, 0.15) is 26.2 Å². The average molecular weight is 366 g/mol. The number of ether oxygens (including phenoxy) is 1. The predicted molar refractivity (Wildman–Crippen MR) is 66.6 cm³/mol. The Hall–Kier alpha value is 1.13. The van der Waals surface area contributed by atoms with Crippen molar-refractivity contribution in [3.63, 3.8) is 0 Å². The maximum Gasteiger partial charge on any atom is 0.207 e. The van der Waals surface area contributed by atoms with E-state index in [-0.39, 0.29) is 6.10 Å². The molecule has 0 amide bonds. The fourth-order valence-corrected chi connectivity index (χ4v) is 3.09. The third-order valence-electron chi connectivity index (χ3n) is 2.52. The maximum absolute atomic E-state index is 10.2. The summed E-state index contributed by atoms with van der Waals surface area (Å²) < 4.78 is 5.02. The van der Waals surface area contributed by atoms with Gasteiger partial charge in [0.25, 0.3) is 0 Å². The number of hydrogen-bond donors (Lipinski definition) is 2. The van der Waals surface area contributed by atoms with Crippen molar-refractivity contribution in [1.29, 1.82) is 0 Å². The molecule has 2 N–H and O–H groups in total. The van der Waals surface area contributed by atoms with Crippen LogP contribution in [0.5, 0.6) is 0 Å². The molecule has 1 saturated heterocycles. The van der Waals surface area contributed by atoms with E-state index in [1.807, 2.05) is 6.92 Å². The zero-order chi connectivity index (χ0) is 11.6. The molecule has 0 saturated carbocycles. The second-order valence-corrected chi connectivity index (χ2v) is 7.32. The van der Waals surface area contributed by atoms with Gasteiger partial charge in [-0.1, -0.05) is 45.2 Å². The number of aliphatic hydroxyl groups is 2. The van der Waals surface area contributed by atoms with Crippen molar-refractivity contribution < 1.29 is 14.9 Å². The minimum Gasteiger partial charge on any atom is -0.391 e. The summed E-state index contributed by atoms with van der Waals surface area (Å²) in [6.07, 6.45) is 1.31. The number of hydrogen-bond acceptors (Lipinski definition) is 3. The van der Waals surface area contributed by atoms with Gasteiger partial charge < -0.3 is 14.9 Å². The number of rotatable bonds is 3. The van der Waals surface area contributed by atoms with Gasteiger partial charge in [-0.15, -0.1) is 11.6 Å². The highest BCUT2D eigenvalue weighted by atomic mass is 79.9. The van der Waals surface area contributed by atoms with E-state index in [4.69, 9.17) is 16.3 Å². The Morgan fingerprint density at radius 3 is 2.67 bits per heavy atom. The van der Waals surface area contributed by atoms with E-state index >= 15 is 0 Å². The molecule has 0 unspecified atom stereocenters. The Balaban J connectivity index is 2.76. The summed E-state index contributed by atoms with van der Waals surface area (Å²) in [6.45, 7) is 2.03. The summed E-state index contributed by atoms with van der Waals surface area (Å²) in [5, 5.41) is 19.1. The third kappa shape index (κ3) is 3.07. The predicted octanol–water partition coefficient (Wildman–Crippen LogP) is 2.35. The second kappa shape index (κ2) is 5.65. The molecule has 0 bridgehead atoms. The maximum atomic E-state index is 10.2. The number of alkyl halides is 3. The SMILES string of the molecule is CCC[C@@H]1C[C@@H](O)[C@H](Cl)[C@](O)(C(Br)Br)O1. The largest absolute Gasteiger partial charge is 0.391 e. The number of halogens is 3. The van der Waals surface area contributed by atoms with Crippen molar-refractivity contribution in [2.45, 2.75) is 53.3 Å². The van der Waals surface area contributed by atoms with E-state index in [0.717, 1.165) is 12.8 Å². The van der Waals surface area contributed by atoms with E-state index in [2.05, 4.69) is 31.9 Å². The molecule has 1 fully saturated rings. The monoisotopic (exact) mass is 364 g/mol. The molecule has 4 atom stereocenters. The Bertz CT molecular complexity index is 218. The molecule has 0 aliphatic carbocycles. The van der Waals surface area contributed by atoms with Crippen LogP contribution in [0, 0.1) is 0 Å². The van der Waals surface area contributed by atoms with Gasteiger partial charge in [0.15, 0.2) is 0 Å². The molecule has 0 aromatic heterocycles. The van der Waals surface area contributed by atoms with Gasteiger partial charge >= 0.3 is 0 Å². The molecule has 6 heteroatoms. The zero-order valence-corrected chi connectivity index (χ0v) is 12.3. The molecular formula is C9H15Br2ClO3. The zero-order valence-electron chi connectivity index (χ0n) is 8.37. The van der Waals surface area contributed by atoms with Crippen molar-refractivity contribution in [3.8, 4) is 0 Å². The number of aliphatic hydroxyl groups excluding tert-OH is 1. The average Bonchev–Trinajstić information content (AvgIpc) is 2.14. The Morgan fingerprint density at radius 1 is 1.60 bits per heavy atom. The molecule has 1 aliphatic rings. The van der Waals surface area contributed by atoms with Gasteiger partial charge in [0.2, 0.25) is 5.79 Å². The fourth-order valence-electron chi connectivity index (χ4n) is 1.72. The van der Waals surface area contributed by atoms with Crippen molar-refractivity contribution in [3.05, 3.63) is 0 Å². The molecule has 1 rings (SSSR count). The van der Waals surface area contributed by atoms with Crippen LogP contribution in [0.4, 0.5) is 0 Å². The first-order chi connectivity index (χ1) is 6.91. The van der Waals surface area contributed by atoms with Crippen LogP contribution in [0.2, 0.25) is 0 Å². The van der Waals surface area contributed by atoms with Gasteiger partial charge in [-0.25, -0.2) is 0 Å². The first kappa shape index (κ1) is 14.2. The topological polar surface area (TPSA) is 49.7 Å². The van der Waals surface area contributed by atoms with Crippen LogP contribution in [0.3, 0.4) is 0 Å². The Morgan fingerprint density at radius 2 is 2.20 bits per heavy atom. The lowest BCUT2D eigenvalue weighted by Gasteiger charge is -2.44. The van der Waals surface area contributed by atoms with Gasteiger partial charge in [0.05, 0.1) is 12.2 Å². The Kier molecular flexibility index (Phi) is 5.34. The van der Waals surface area contributed by atoms with Crippen molar-refractivity contribution in [2.75, 3.05) is 0 Å². The molecule has 1 aliphatic heterocycles. The van der Waals surface area contributed by atoms with E-state index < -0.39 is 21.0 Å². The molecular weight excluding hydrogens is 351 g/mol. The van der Waals surface area contributed by atoms with E-state index in [1.54, 1.807) is 0 Å². The van der Waals surface area contributed by atoms with Gasteiger partial charge in [-0.3, -0.25) is 0 Å². The summed E-state index contributed by atoms with van der Waals surface area (Å²) in [6, 6.07) is 0. The normalized spacial score (nSPS) is 42.2. The van der Waals surface area contributed by atoms with Crippen molar-refractivity contribution in [2.24, 2.45) is 0 Å². The summed E-state index contributed by atoms with van der Waals surface area (Å²) in [5.74, 6) is -1.57. The van der Waals surface area contributed by atoms with Crippen LogP contribution in [-0.4, -0.2) is 37.3 Å². The first-order valence-electron chi connectivity index (χ1n) is 4.92. The minimum absolute atomic E-state index is 0.150. The second-order valence-electron chi connectivity index (χ2n) is 3.79. The molecule has 0 radical (unpaired) electrons. The summed E-state index contributed by atoms with van der Waals surface area (Å²) in [5.41, 5.74) is 0. The van der Waals surface area contributed by atoms with E-state index in [9.17, 15) is 10.2 Å². The summed E-state index contributed by atoms with van der Waals surface area (Å²) in [4.78, 5) is 0. The third-order valence-corrected chi connectivity index (χ3v) is 4.43. The fraction of sp³-hybridized carbons (Fsp3) is 1.00. The van der Waals surface area contributed by atoms with Crippen LogP contribution in [0.15, 0.2) is 0 Å². The first-order valence-corrected chi connectivity index (χ1v) is 7.19. The highest BCUT2D eigenvalue weighted by molar-refractivity contribution is 9.24. The lowest BCUT2D eigenvalue weighted by molar-refractivity contribution is -0.258. The van der Waals surface area contributed by atoms with Crippen molar-refractivity contribution in [1.82, 2.24) is 0 Å². The highest BCUT2D eigenvalue weighted by Crippen LogP contribution is 2.40. The summed E-state index contributed by atoms with van der Waals surface area (Å²) in [7, 11) is 0. The molecule has 0 spiro atoms. The minimum atomic E-state index is -1.57. The van der Waals surface area contributed by atoms with E-state index in [1.165, 1.54) is 0 Å².